The molecule has 2 aromatic carbocycles. The second-order valence-electron chi connectivity index (χ2n) is 4.42. The molecular weight excluding hydrogens is 280 g/mol. The van der Waals surface area contributed by atoms with Crippen molar-refractivity contribution in [2.75, 3.05) is 14.2 Å². The Hall–Kier alpha value is -3.00. The highest BCUT2D eigenvalue weighted by atomic mass is 16.6. The van der Waals surface area contributed by atoms with Crippen molar-refractivity contribution < 1.29 is 14.3 Å². The molecule has 2 aromatic rings. The quantitative estimate of drug-likeness (QED) is 0.607. The number of nitriles is 1. The van der Waals surface area contributed by atoms with Crippen molar-refractivity contribution in [3.05, 3.63) is 59.2 Å². The van der Waals surface area contributed by atoms with E-state index in [2.05, 4.69) is 11.2 Å². The third kappa shape index (κ3) is 4.00. The Morgan fingerprint density at radius 2 is 1.86 bits per heavy atom. The maximum Gasteiger partial charge on any atom is 0.142 e. The van der Waals surface area contributed by atoms with Gasteiger partial charge in [0, 0.05) is 5.56 Å². The second-order valence-corrected chi connectivity index (χ2v) is 4.42. The summed E-state index contributed by atoms with van der Waals surface area (Å²) < 4.78 is 10.4. The summed E-state index contributed by atoms with van der Waals surface area (Å²) in [6.45, 7) is 0.328. The van der Waals surface area contributed by atoms with Gasteiger partial charge in [-0.1, -0.05) is 17.3 Å². The van der Waals surface area contributed by atoms with E-state index in [1.54, 1.807) is 38.6 Å². The van der Waals surface area contributed by atoms with Gasteiger partial charge < -0.3 is 14.3 Å². The Balaban J connectivity index is 1.98. The Kier molecular flexibility index (Phi) is 5.38. The number of rotatable bonds is 6. The normalized spacial score (nSPS) is 10.2. The molecule has 0 aliphatic rings. The minimum atomic E-state index is 0.328. The predicted molar refractivity (Wildman–Crippen MR) is 83.1 cm³/mol. The largest absolute Gasteiger partial charge is 0.497 e. The van der Waals surface area contributed by atoms with Crippen molar-refractivity contribution in [1.29, 1.82) is 5.26 Å². The van der Waals surface area contributed by atoms with Gasteiger partial charge >= 0.3 is 0 Å². The molecule has 0 aromatic heterocycles. The van der Waals surface area contributed by atoms with Crippen LogP contribution in [0.15, 0.2) is 47.6 Å². The van der Waals surface area contributed by atoms with Gasteiger partial charge in [0.2, 0.25) is 0 Å². The first-order chi connectivity index (χ1) is 10.8. The summed E-state index contributed by atoms with van der Waals surface area (Å²) in [5.41, 5.74) is 2.32. The fourth-order valence-corrected chi connectivity index (χ4v) is 1.82. The highest BCUT2D eigenvalue weighted by molar-refractivity contribution is 5.83. The van der Waals surface area contributed by atoms with E-state index in [-0.39, 0.29) is 0 Å². The van der Waals surface area contributed by atoms with Gasteiger partial charge in [-0.3, -0.25) is 0 Å². The zero-order chi connectivity index (χ0) is 15.8. The van der Waals surface area contributed by atoms with E-state index < -0.39 is 0 Å². The van der Waals surface area contributed by atoms with Crippen molar-refractivity contribution in [1.82, 2.24) is 0 Å². The Morgan fingerprint density at radius 1 is 1.09 bits per heavy atom. The average Bonchev–Trinajstić information content (AvgIpc) is 2.59. The topological polar surface area (TPSA) is 63.8 Å². The average molecular weight is 296 g/mol. The molecule has 0 spiro atoms. The fraction of sp³-hybridized carbons (Fsp3) is 0.176. The van der Waals surface area contributed by atoms with Crippen molar-refractivity contribution in [3.63, 3.8) is 0 Å². The van der Waals surface area contributed by atoms with Crippen LogP contribution in [0.4, 0.5) is 0 Å². The van der Waals surface area contributed by atoms with E-state index in [1.165, 1.54) is 0 Å². The molecule has 0 aliphatic carbocycles. The van der Waals surface area contributed by atoms with Gasteiger partial charge in [-0.15, -0.1) is 0 Å². The molecule has 22 heavy (non-hydrogen) atoms. The zero-order valence-electron chi connectivity index (χ0n) is 12.4. The molecule has 0 radical (unpaired) electrons. The highest BCUT2D eigenvalue weighted by Gasteiger charge is 2.02. The van der Waals surface area contributed by atoms with Crippen LogP contribution in [-0.4, -0.2) is 20.4 Å². The van der Waals surface area contributed by atoms with E-state index >= 15 is 0 Å². The van der Waals surface area contributed by atoms with Gasteiger partial charge in [0.25, 0.3) is 0 Å². The minimum Gasteiger partial charge on any atom is -0.497 e. The van der Waals surface area contributed by atoms with Crippen molar-refractivity contribution in [2.45, 2.75) is 6.61 Å². The Labute approximate surface area is 129 Å². The first-order valence-electron chi connectivity index (χ1n) is 6.63. The van der Waals surface area contributed by atoms with Crippen molar-refractivity contribution in [3.8, 4) is 17.6 Å². The first-order valence-corrected chi connectivity index (χ1v) is 6.63. The standard InChI is InChI=1S/C17H16N2O3/c1-20-16-7-8-17(21-2)15(9-16)11-19-22-12-14-5-3-13(10-18)4-6-14/h3-9,11H,12H2,1-2H3/b19-11-. The number of oxime groups is 1. The fourth-order valence-electron chi connectivity index (χ4n) is 1.82. The van der Waals surface area contributed by atoms with E-state index in [0.717, 1.165) is 11.1 Å². The van der Waals surface area contributed by atoms with Crippen molar-refractivity contribution in [2.24, 2.45) is 5.16 Å². The summed E-state index contributed by atoms with van der Waals surface area (Å²) in [6, 6.07) is 14.7. The number of ether oxygens (including phenoxy) is 2. The third-order valence-corrected chi connectivity index (χ3v) is 3.02. The number of methoxy groups -OCH3 is 2. The van der Waals surface area contributed by atoms with Crippen LogP contribution < -0.4 is 9.47 Å². The molecule has 5 heteroatoms. The summed E-state index contributed by atoms with van der Waals surface area (Å²) in [5.74, 6) is 1.40. The molecular formula is C17H16N2O3. The van der Waals surface area contributed by atoms with Crippen LogP contribution in [0.25, 0.3) is 0 Å². The summed E-state index contributed by atoms with van der Waals surface area (Å²) in [4.78, 5) is 5.26. The highest BCUT2D eigenvalue weighted by Crippen LogP contribution is 2.22. The minimum absolute atomic E-state index is 0.328. The molecule has 0 N–H and O–H groups in total. The van der Waals surface area contributed by atoms with E-state index in [9.17, 15) is 0 Å². The molecule has 2 rings (SSSR count). The summed E-state index contributed by atoms with van der Waals surface area (Å²) in [5, 5.41) is 12.7. The Bertz CT molecular complexity index is 688. The number of hydrogen-bond donors (Lipinski definition) is 0. The van der Waals surface area contributed by atoms with E-state index in [0.29, 0.717) is 23.7 Å². The van der Waals surface area contributed by atoms with Gasteiger partial charge in [-0.05, 0) is 35.9 Å². The number of hydrogen-bond acceptors (Lipinski definition) is 5. The lowest BCUT2D eigenvalue weighted by Crippen LogP contribution is -1.94. The van der Waals surface area contributed by atoms with E-state index in [4.69, 9.17) is 19.6 Å². The number of nitrogens with zero attached hydrogens (tertiary/aromatic N) is 2. The first kappa shape index (κ1) is 15.4. The molecule has 0 saturated heterocycles. The van der Waals surface area contributed by atoms with Gasteiger partial charge in [0.05, 0.1) is 32.1 Å². The van der Waals surface area contributed by atoms with Gasteiger partial charge in [0.1, 0.15) is 18.1 Å². The van der Waals surface area contributed by atoms with Crippen LogP contribution in [-0.2, 0) is 11.4 Å². The van der Waals surface area contributed by atoms with Gasteiger partial charge in [-0.25, -0.2) is 0 Å². The smallest absolute Gasteiger partial charge is 0.142 e. The molecule has 0 fully saturated rings. The molecule has 0 unspecified atom stereocenters. The molecule has 0 atom stereocenters. The Morgan fingerprint density at radius 3 is 2.50 bits per heavy atom. The summed E-state index contributed by atoms with van der Waals surface area (Å²) in [6.07, 6.45) is 1.57. The number of benzene rings is 2. The molecule has 5 nitrogen and oxygen atoms in total. The monoisotopic (exact) mass is 296 g/mol. The van der Waals surface area contributed by atoms with Crippen LogP contribution in [0, 0.1) is 11.3 Å². The zero-order valence-corrected chi connectivity index (χ0v) is 12.4. The molecule has 0 saturated carbocycles. The van der Waals surface area contributed by atoms with Crippen LogP contribution in [0.1, 0.15) is 16.7 Å². The lowest BCUT2D eigenvalue weighted by molar-refractivity contribution is 0.132. The molecule has 112 valence electrons. The van der Waals surface area contributed by atoms with Gasteiger partial charge in [0.15, 0.2) is 0 Å². The molecule has 0 bridgehead atoms. The second kappa shape index (κ2) is 7.70. The maximum absolute atomic E-state index is 8.73. The van der Waals surface area contributed by atoms with Crippen LogP contribution >= 0.6 is 0 Å². The maximum atomic E-state index is 8.73. The van der Waals surface area contributed by atoms with E-state index in [1.807, 2.05) is 24.3 Å². The molecule has 0 heterocycles. The lowest BCUT2D eigenvalue weighted by atomic mass is 10.2. The van der Waals surface area contributed by atoms with Crippen LogP contribution in [0.3, 0.4) is 0 Å². The summed E-state index contributed by atoms with van der Waals surface area (Å²) >= 11 is 0. The summed E-state index contributed by atoms with van der Waals surface area (Å²) in [7, 11) is 3.20. The van der Waals surface area contributed by atoms with Crippen LogP contribution in [0.5, 0.6) is 11.5 Å². The lowest BCUT2D eigenvalue weighted by Gasteiger charge is -2.06. The van der Waals surface area contributed by atoms with Gasteiger partial charge in [-0.2, -0.15) is 5.26 Å². The predicted octanol–water partition coefficient (Wildman–Crippen LogP) is 3.13. The molecule has 0 aliphatic heterocycles. The third-order valence-electron chi connectivity index (χ3n) is 3.02. The SMILES string of the molecule is COc1ccc(OC)c(/C=N\OCc2ccc(C#N)cc2)c1. The molecule has 0 amide bonds. The van der Waals surface area contributed by atoms with Crippen molar-refractivity contribution >= 4 is 6.21 Å². The van der Waals surface area contributed by atoms with Crippen LogP contribution in [0.2, 0.25) is 0 Å².